The first-order valence-corrected chi connectivity index (χ1v) is 10.6. The summed E-state index contributed by atoms with van der Waals surface area (Å²) >= 11 is 12.5. The van der Waals surface area contributed by atoms with E-state index < -0.39 is 26.9 Å². The number of carbonyl (C=O) groups excluding carboxylic acids is 1. The average Bonchev–Trinajstić information content (AvgIpc) is 2.65. The van der Waals surface area contributed by atoms with Gasteiger partial charge in [-0.25, -0.2) is 8.42 Å². The van der Waals surface area contributed by atoms with E-state index in [2.05, 4.69) is 4.98 Å². The van der Waals surface area contributed by atoms with Crippen LogP contribution in [0.25, 0.3) is 11.0 Å². The lowest BCUT2D eigenvalue weighted by atomic mass is 9.99. The van der Waals surface area contributed by atoms with Crippen LogP contribution < -0.4 is 4.90 Å². The van der Waals surface area contributed by atoms with E-state index >= 15 is 0 Å². The molecule has 0 aliphatic carbocycles. The normalized spacial score (nSPS) is 16.9. The van der Waals surface area contributed by atoms with E-state index in [1.807, 2.05) is 0 Å². The number of hydrogen-bond donors (Lipinski definition) is 0. The molecule has 0 atom stereocenters. The number of sulfone groups is 1. The monoisotopic (exact) mass is 460 g/mol. The Hall–Kier alpha value is -2.03. The van der Waals surface area contributed by atoms with E-state index in [0.29, 0.717) is 16.2 Å². The molecule has 1 aromatic heterocycles. The highest BCUT2D eigenvalue weighted by molar-refractivity contribution is 8.01. The molecule has 29 heavy (non-hydrogen) atoms. The average molecular weight is 461 g/mol. The lowest BCUT2D eigenvalue weighted by Crippen LogP contribution is -2.34. The van der Waals surface area contributed by atoms with E-state index in [4.69, 9.17) is 23.2 Å². The molecule has 3 rings (SSSR count). The molecule has 1 aromatic carbocycles. The van der Waals surface area contributed by atoms with Crippen molar-refractivity contribution in [1.82, 2.24) is 4.98 Å². The number of alkyl halides is 2. The molecule has 5 nitrogen and oxygen atoms in total. The molecule has 0 N–H and O–H groups in total. The number of pyridine rings is 1. The van der Waals surface area contributed by atoms with Gasteiger partial charge in [0.15, 0.2) is 9.84 Å². The van der Waals surface area contributed by atoms with Crippen LogP contribution in [0.4, 0.5) is 14.5 Å². The van der Waals surface area contributed by atoms with Crippen molar-refractivity contribution in [2.45, 2.75) is 25.0 Å². The smallest absolute Gasteiger partial charge is 0.308 e. The molecule has 0 unspecified atom stereocenters. The number of hydrogen-bond acceptors (Lipinski definition) is 4. The molecule has 10 heteroatoms. The number of halogens is 4. The topological polar surface area (TPSA) is 67.3 Å². The minimum atomic E-state index is -3.94. The predicted molar refractivity (Wildman–Crippen MR) is 110 cm³/mol. The van der Waals surface area contributed by atoms with Crippen LogP contribution in [0.1, 0.15) is 30.7 Å². The van der Waals surface area contributed by atoms with Crippen molar-refractivity contribution in [3.05, 3.63) is 57.3 Å². The summed E-state index contributed by atoms with van der Waals surface area (Å²) in [7, 11) is -2.85. The highest BCUT2D eigenvalue weighted by atomic mass is 35.5. The van der Waals surface area contributed by atoms with Gasteiger partial charge in [0, 0.05) is 18.8 Å². The Kier molecular flexibility index (Phi) is 5.49. The predicted octanol–water partition coefficient (Wildman–Crippen LogP) is 4.78. The van der Waals surface area contributed by atoms with Crippen LogP contribution in [0.2, 0.25) is 10.0 Å². The second kappa shape index (κ2) is 7.34. The minimum absolute atomic E-state index is 0.0457. The maximum atomic E-state index is 13.4. The maximum Gasteiger partial charge on any atom is 0.316 e. The summed E-state index contributed by atoms with van der Waals surface area (Å²) in [5, 5.41) is -0.291. The van der Waals surface area contributed by atoms with Crippen molar-refractivity contribution < 1.29 is 22.0 Å². The Morgan fingerprint density at radius 2 is 1.86 bits per heavy atom. The quantitative estimate of drug-likeness (QED) is 0.660. The van der Waals surface area contributed by atoms with Crippen LogP contribution in [0.5, 0.6) is 0 Å². The first-order chi connectivity index (χ1) is 13.4. The summed E-state index contributed by atoms with van der Waals surface area (Å²) < 4.78 is 51.2. The zero-order valence-corrected chi connectivity index (χ0v) is 17.9. The SMILES string of the molecule is CN(C(=O)C(F)F)c1c(Cl)ccc(C2=Cc3ncccc3C(C)(C)S2(=O)=O)c1Cl. The first-order valence-electron chi connectivity index (χ1n) is 8.37. The van der Waals surface area contributed by atoms with E-state index in [0.717, 1.165) is 7.05 Å². The summed E-state index contributed by atoms with van der Waals surface area (Å²) in [4.78, 5) is 16.5. The van der Waals surface area contributed by atoms with Gasteiger partial charge in [-0.2, -0.15) is 8.78 Å². The first kappa shape index (κ1) is 21.7. The number of rotatable bonds is 3. The molecule has 2 aromatic rings. The summed E-state index contributed by atoms with van der Waals surface area (Å²) in [6, 6.07) is 6.01. The zero-order chi connectivity index (χ0) is 21.7. The fourth-order valence-corrected chi connectivity index (χ4v) is 5.70. The van der Waals surface area contributed by atoms with Gasteiger partial charge in [0.2, 0.25) is 0 Å². The fraction of sp³-hybridized carbons (Fsp3) is 0.263. The molecule has 0 fully saturated rings. The molecule has 1 aliphatic rings. The number of aromatic nitrogens is 1. The molecule has 0 saturated heterocycles. The van der Waals surface area contributed by atoms with Crippen LogP contribution in [0.15, 0.2) is 30.5 Å². The van der Waals surface area contributed by atoms with Crippen LogP contribution in [0, 0.1) is 0 Å². The summed E-state index contributed by atoms with van der Waals surface area (Å²) in [5.41, 5.74) is 0.826. The van der Waals surface area contributed by atoms with Gasteiger partial charge in [-0.3, -0.25) is 9.78 Å². The van der Waals surface area contributed by atoms with Crippen molar-refractivity contribution in [2.75, 3.05) is 11.9 Å². The number of nitrogens with zero attached hydrogens (tertiary/aromatic N) is 2. The van der Waals surface area contributed by atoms with Crippen LogP contribution in [-0.2, 0) is 19.4 Å². The van der Waals surface area contributed by atoms with Crippen molar-refractivity contribution >= 4 is 55.6 Å². The number of carbonyl (C=O) groups is 1. The van der Waals surface area contributed by atoms with Crippen molar-refractivity contribution in [3.8, 4) is 0 Å². The largest absolute Gasteiger partial charge is 0.316 e. The van der Waals surface area contributed by atoms with E-state index in [9.17, 15) is 22.0 Å². The lowest BCUT2D eigenvalue weighted by Gasteiger charge is -2.32. The zero-order valence-electron chi connectivity index (χ0n) is 15.6. The van der Waals surface area contributed by atoms with Gasteiger partial charge in [-0.15, -0.1) is 0 Å². The number of benzene rings is 1. The summed E-state index contributed by atoms with van der Waals surface area (Å²) in [5.74, 6) is -1.52. The summed E-state index contributed by atoms with van der Waals surface area (Å²) in [6.45, 7) is 3.10. The highest BCUT2D eigenvalue weighted by Crippen LogP contribution is 2.48. The Balaban J connectivity index is 2.28. The molecule has 154 valence electrons. The van der Waals surface area contributed by atoms with Crippen molar-refractivity contribution in [2.24, 2.45) is 0 Å². The fourth-order valence-electron chi connectivity index (χ4n) is 3.18. The third-order valence-corrected chi connectivity index (χ3v) is 8.07. The van der Waals surface area contributed by atoms with Crippen molar-refractivity contribution in [1.29, 1.82) is 0 Å². The number of fused-ring (bicyclic) bond motifs is 1. The third kappa shape index (κ3) is 3.33. The van der Waals surface area contributed by atoms with Gasteiger partial charge in [0.05, 0.1) is 31.1 Å². The van der Waals surface area contributed by atoms with Gasteiger partial charge in [-0.1, -0.05) is 35.3 Å². The van der Waals surface area contributed by atoms with Gasteiger partial charge in [0.1, 0.15) is 0 Å². The Labute approximate surface area is 176 Å². The van der Waals surface area contributed by atoms with Crippen LogP contribution in [0.3, 0.4) is 0 Å². The van der Waals surface area contributed by atoms with Crippen molar-refractivity contribution in [3.63, 3.8) is 0 Å². The van der Waals surface area contributed by atoms with Gasteiger partial charge >= 0.3 is 6.43 Å². The van der Waals surface area contributed by atoms with E-state index in [-0.39, 0.29) is 26.2 Å². The molecule has 0 spiro atoms. The molecule has 1 amide bonds. The number of amides is 1. The minimum Gasteiger partial charge on any atom is -0.308 e. The Morgan fingerprint density at radius 1 is 1.21 bits per heavy atom. The number of anilines is 1. The van der Waals surface area contributed by atoms with E-state index in [1.54, 1.807) is 26.0 Å². The second-order valence-corrected chi connectivity index (χ2v) is 10.2. The van der Waals surface area contributed by atoms with Crippen LogP contribution >= 0.6 is 23.2 Å². The van der Waals surface area contributed by atoms with Gasteiger partial charge < -0.3 is 4.90 Å². The summed E-state index contributed by atoms with van der Waals surface area (Å²) in [6.07, 6.45) is -0.363. The standard InChI is InChI=1S/C19H16Cl2F2N2O3S/c1-19(2)11-5-4-8-24-13(11)9-14(29(19,27)28)10-6-7-12(20)16(15(10)21)25(3)18(26)17(22)23/h4-9,17H,1-3H3. The lowest BCUT2D eigenvalue weighted by molar-refractivity contribution is -0.128. The maximum absolute atomic E-state index is 13.4. The molecule has 1 aliphatic heterocycles. The van der Waals surface area contributed by atoms with Gasteiger partial charge in [0.25, 0.3) is 5.91 Å². The van der Waals surface area contributed by atoms with Gasteiger partial charge in [-0.05, 0) is 37.6 Å². The molecular formula is C19H16Cl2F2N2O3S. The molecule has 0 saturated carbocycles. The highest BCUT2D eigenvalue weighted by Gasteiger charge is 2.45. The van der Waals surface area contributed by atoms with Crippen LogP contribution in [-0.4, -0.2) is 32.8 Å². The third-order valence-electron chi connectivity index (χ3n) is 4.90. The van der Waals surface area contributed by atoms with E-state index in [1.165, 1.54) is 24.4 Å². The molecule has 2 heterocycles. The second-order valence-electron chi connectivity index (χ2n) is 6.91. The molecular weight excluding hydrogens is 445 g/mol. The Bertz CT molecular complexity index is 1150. The Morgan fingerprint density at radius 3 is 2.48 bits per heavy atom. The molecule has 0 radical (unpaired) electrons. The molecule has 0 bridgehead atoms.